The van der Waals surface area contributed by atoms with E-state index in [-0.39, 0.29) is 5.91 Å². The van der Waals surface area contributed by atoms with E-state index in [2.05, 4.69) is 0 Å². The number of halogens is 1. The molecule has 1 amide bonds. The standard InChI is InChI=1S/C13H16FNO2/c1-15(17-2)12(16)13(6-7-13)11-5-3-4-10(8-11)9-14/h3-5,8H,6-7,9H2,1-2H3. The number of nitrogens with zero attached hydrogens (tertiary/aromatic N) is 1. The number of benzene rings is 1. The van der Waals surface area contributed by atoms with Crippen LogP contribution in [0.15, 0.2) is 24.3 Å². The Bertz CT molecular complexity index is 429. The van der Waals surface area contributed by atoms with Crippen LogP contribution in [0.4, 0.5) is 4.39 Å². The highest BCUT2D eigenvalue weighted by Crippen LogP contribution is 2.49. The fourth-order valence-electron chi connectivity index (χ4n) is 2.09. The molecular formula is C13H16FNO2. The zero-order valence-corrected chi connectivity index (χ0v) is 10.1. The number of rotatable bonds is 4. The van der Waals surface area contributed by atoms with E-state index in [4.69, 9.17) is 4.84 Å². The van der Waals surface area contributed by atoms with Crippen molar-refractivity contribution in [2.45, 2.75) is 24.9 Å². The van der Waals surface area contributed by atoms with E-state index in [1.807, 2.05) is 6.07 Å². The van der Waals surface area contributed by atoms with Gasteiger partial charge in [0.15, 0.2) is 0 Å². The second kappa shape index (κ2) is 4.45. The smallest absolute Gasteiger partial charge is 0.256 e. The van der Waals surface area contributed by atoms with Gasteiger partial charge in [-0.1, -0.05) is 24.3 Å². The molecule has 0 aliphatic heterocycles. The van der Waals surface area contributed by atoms with E-state index in [9.17, 15) is 9.18 Å². The minimum atomic E-state index is -0.502. The summed E-state index contributed by atoms with van der Waals surface area (Å²) in [6.07, 6.45) is 1.60. The van der Waals surface area contributed by atoms with Crippen molar-refractivity contribution in [1.82, 2.24) is 5.06 Å². The Hall–Kier alpha value is -1.42. The summed E-state index contributed by atoms with van der Waals surface area (Å²) in [4.78, 5) is 17.1. The number of hydrogen-bond acceptors (Lipinski definition) is 2. The van der Waals surface area contributed by atoms with E-state index < -0.39 is 12.1 Å². The van der Waals surface area contributed by atoms with Gasteiger partial charge >= 0.3 is 0 Å². The lowest BCUT2D eigenvalue weighted by Gasteiger charge is -2.21. The van der Waals surface area contributed by atoms with Gasteiger partial charge in [0.05, 0.1) is 12.5 Å². The highest BCUT2D eigenvalue weighted by Gasteiger charge is 2.52. The number of likely N-dealkylation sites (N-methyl/N-ethyl adjacent to an activating group) is 1. The van der Waals surface area contributed by atoms with Crippen molar-refractivity contribution in [2.24, 2.45) is 0 Å². The molecule has 1 aromatic rings. The molecule has 0 bridgehead atoms. The summed E-state index contributed by atoms with van der Waals surface area (Å²) in [5.74, 6) is -0.0593. The Morgan fingerprint density at radius 3 is 2.76 bits per heavy atom. The Labute approximate surface area is 100 Å². The van der Waals surface area contributed by atoms with Crippen molar-refractivity contribution in [3.8, 4) is 0 Å². The molecule has 3 nitrogen and oxygen atoms in total. The first-order valence-corrected chi connectivity index (χ1v) is 5.62. The van der Waals surface area contributed by atoms with Crippen molar-refractivity contribution < 1.29 is 14.0 Å². The van der Waals surface area contributed by atoms with Gasteiger partial charge in [-0.25, -0.2) is 9.45 Å². The van der Waals surface area contributed by atoms with Crippen LogP contribution in [-0.2, 0) is 21.7 Å². The fraction of sp³-hybridized carbons (Fsp3) is 0.462. The maximum absolute atomic E-state index is 12.6. The van der Waals surface area contributed by atoms with E-state index in [1.54, 1.807) is 25.2 Å². The van der Waals surface area contributed by atoms with Crippen molar-refractivity contribution in [2.75, 3.05) is 14.2 Å². The molecule has 0 radical (unpaired) electrons. The molecule has 1 aromatic carbocycles. The summed E-state index contributed by atoms with van der Waals surface area (Å²) in [6, 6.07) is 7.18. The van der Waals surface area contributed by atoms with Crippen LogP contribution in [0.2, 0.25) is 0 Å². The molecule has 0 aromatic heterocycles. The normalized spacial score (nSPS) is 16.6. The van der Waals surface area contributed by atoms with Crippen LogP contribution in [0.5, 0.6) is 0 Å². The van der Waals surface area contributed by atoms with Gasteiger partial charge in [-0.05, 0) is 24.0 Å². The third-order valence-electron chi connectivity index (χ3n) is 3.35. The topological polar surface area (TPSA) is 29.5 Å². The van der Waals surface area contributed by atoms with E-state index in [0.717, 1.165) is 18.4 Å². The first-order chi connectivity index (χ1) is 8.14. The number of carbonyl (C=O) groups is 1. The lowest BCUT2D eigenvalue weighted by Crippen LogP contribution is -2.35. The van der Waals surface area contributed by atoms with Crippen molar-refractivity contribution >= 4 is 5.91 Å². The SMILES string of the molecule is CON(C)C(=O)C1(c2cccc(CF)c2)CC1. The highest BCUT2D eigenvalue weighted by atomic mass is 19.1. The second-order valence-corrected chi connectivity index (χ2v) is 4.40. The minimum Gasteiger partial charge on any atom is -0.275 e. The predicted octanol–water partition coefficient (Wildman–Crippen LogP) is 2.21. The molecule has 0 spiro atoms. The monoisotopic (exact) mass is 237 g/mol. The molecule has 2 rings (SSSR count). The van der Waals surface area contributed by atoms with Crippen LogP contribution in [0.25, 0.3) is 0 Å². The predicted molar refractivity (Wildman–Crippen MR) is 61.9 cm³/mol. The quantitative estimate of drug-likeness (QED) is 0.751. The summed E-state index contributed by atoms with van der Waals surface area (Å²) in [5, 5.41) is 1.25. The van der Waals surface area contributed by atoms with Crippen LogP contribution >= 0.6 is 0 Å². The number of amides is 1. The van der Waals surface area contributed by atoms with Crippen LogP contribution < -0.4 is 0 Å². The van der Waals surface area contributed by atoms with Crippen LogP contribution in [-0.4, -0.2) is 25.1 Å². The first-order valence-electron chi connectivity index (χ1n) is 5.62. The van der Waals surface area contributed by atoms with Crippen LogP contribution in [0.1, 0.15) is 24.0 Å². The van der Waals surface area contributed by atoms with Gasteiger partial charge in [-0.15, -0.1) is 0 Å². The number of carbonyl (C=O) groups excluding carboxylic acids is 1. The Kier molecular flexibility index (Phi) is 3.15. The van der Waals surface area contributed by atoms with Gasteiger partial charge in [-0.2, -0.15) is 0 Å². The third-order valence-corrected chi connectivity index (χ3v) is 3.35. The maximum Gasteiger partial charge on any atom is 0.256 e. The Morgan fingerprint density at radius 2 is 2.24 bits per heavy atom. The number of alkyl halides is 1. The summed E-state index contributed by atoms with van der Waals surface area (Å²) in [6.45, 7) is -0.502. The summed E-state index contributed by atoms with van der Waals surface area (Å²) >= 11 is 0. The van der Waals surface area contributed by atoms with Crippen molar-refractivity contribution in [3.05, 3.63) is 35.4 Å². The molecule has 1 saturated carbocycles. The Morgan fingerprint density at radius 1 is 1.53 bits per heavy atom. The molecule has 0 heterocycles. The van der Waals surface area contributed by atoms with E-state index in [0.29, 0.717) is 5.56 Å². The average molecular weight is 237 g/mol. The molecule has 0 N–H and O–H groups in total. The molecule has 0 unspecified atom stereocenters. The van der Waals surface area contributed by atoms with Crippen LogP contribution in [0.3, 0.4) is 0 Å². The highest BCUT2D eigenvalue weighted by molar-refractivity contribution is 5.90. The lowest BCUT2D eigenvalue weighted by atomic mass is 9.93. The van der Waals surface area contributed by atoms with Crippen molar-refractivity contribution in [1.29, 1.82) is 0 Å². The van der Waals surface area contributed by atoms with Crippen LogP contribution in [0, 0.1) is 0 Å². The molecule has 17 heavy (non-hydrogen) atoms. The largest absolute Gasteiger partial charge is 0.275 e. The van der Waals surface area contributed by atoms with Gasteiger partial charge in [0, 0.05) is 7.05 Å². The number of hydroxylamine groups is 2. The maximum atomic E-state index is 12.6. The molecule has 0 atom stereocenters. The first kappa shape index (κ1) is 12.0. The van der Waals surface area contributed by atoms with Crippen molar-refractivity contribution in [3.63, 3.8) is 0 Å². The second-order valence-electron chi connectivity index (χ2n) is 4.40. The number of hydrogen-bond donors (Lipinski definition) is 0. The summed E-state index contributed by atoms with van der Waals surface area (Å²) in [7, 11) is 3.06. The molecule has 1 fully saturated rings. The zero-order chi connectivity index (χ0) is 12.5. The molecule has 92 valence electrons. The van der Waals surface area contributed by atoms with Gasteiger partial charge in [0.25, 0.3) is 5.91 Å². The van der Waals surface area contributed by atoms with Gasteiger partial charge < -0.3 is 0 Å². The van der Waals surface area contributed by atoms with Gasteiger partial charge in [0.1, 0.15) is 6.67 Å². The molecular weight excluding hydrogens is 221 g/mol. The van der Waals surface area contributed by atoms with E-state index >= 15 is 0 Å². The van der Waals surface area contributed by atoms with Gasteiger partial charge in [0.2, 0.25) is 0 Å². The molecule has 1 aliphatic rings. The zero-order valence-electron chi connectivity index (χ0n) is 10.1. The van der Waals surface area contributed by atoms with E-state index in [1.165, 1.54) is 12.2 Å². The fourth-order valence-corrected chi connectivity index (χ4v) is 2.09. The minimum absolute atomic E-state index is 0.0593. The summed E-state index contributed by atoms with van der Waals surface area (Å²) in [5.41, 5.74) is 1.01. The summed E-state index contributed by atoms with van der Waals surface area (Å²) < 4.78 is 12.6. The Balaban J connectivity index is 2.29. The molecule has 4 heteroatoms. The third kappa shape index (κ3) is 2.05. The average Bonchev–Trinajstić information content (AvgIpc) is 3.18. The lowest BCUT2D eigenvalue weighted by molar-refractivity contribution is -0.171. The van der Waals surface area contributed by atoms with Gasteiger partial charge in [-0.3, -0.25) is 9.63 Å². The molecule has 0 saturated heterocycles. The molecule has 1 aliphatic carbocycles.